The molecule has 1 rings (SSSR count). The van der Waals surface area contributed by atoms with Crippen LogP contribution in [0.4, 0.5) is 0 Å². The number of nitrogens with one attached hydrogen (secondary N) is 2. The second kappa shape index (κ2) is 6.97. The Bertz CT molecular complexity index is 345. The number of rotatable bonds is 6. The molecule has 0 amide bonds. The molecule has 0 aliphatic rings. The largest absolute Gasteiger partial charge is 0.495 e. The normalized spacial score (nSPS) is 10.5. The number of ether oxygens (including phenoxy) is 1. The Kier molecular flexibility index (Phi) is 5.91. The second-order valence-corrected chi connectivity index (χ2v) is 4.17. The first-order chi connectivity index (χ1) is 7.69. The topological polar surface area (TPSA) is 33.3 Å². The zero-order chi connectivity index (χ0) is 12.0. The quantitative estimate of drug-likeness (QED) is 0.610. The molecule has 2 N–H and O–H groups in total. The van der Waals surface area contributed by atoms with Crippen LogP contribution in [0.5, 0.6) is 5.75 Å². The van der Waals surface area contributed by atoms with E-state index >= 15 is 0 Å². The van der Waals surface area contributed by atoms with E-state index in [1.54, 1.807) is 13.2 Å². The van der Waals surface area contributed by atoms with E-state index in [-0.39, 0.29) is 0 Å². The Morgan fingerprint density at radius 2 is 2.00 bits per heavy atom. The summed E-state index contributed by atoms with van der Waals surface area (Å²) < 4.78 is 5.08. The van der Waals surface area contributed by atoms with Gasteiger partial charge in [0.05, 0.1) is 12.1 Å². The van der Waals surface area contributed by atoms with Gasteiger partial charge in [-0.2, -0.15) is 0 Å². The summed E-state index contributed by atoms with van der Waals surface area (Å²) >= 11 is 12.1. The van der Waals surface area contributed by atoms with Crippen LogP contribution in [-0.2, 0) is 6.42 Å². The number of benzene rings is 1. The van der Waals surface area contributed by atoms with Gasteiger partial charge in [0.1, 0.15) is 5.75 Å². The first-order valence-electron chi connectivity index (χ1n) is 5.06. The first-order valence-corrected chi connectivity index (χ1v) is 5.82. The minimum absolute atomic E-state index is 0.593. The molecule has 0 saturated carbocycles. The number of hydrogen-bond acceptors (Lipinski definition) is 3. The van der Waals surface area contributed by atoms with Crippen LogP contribution in [-0.4, -0.2) is 27.4 Å². The first kappa shape index (κ1) is 13.6. The van der Waals surface area contributed by atoms with Crippen molar-refractivity contribution in [2.75, 3.05) is 27.4 Å². The van der Waals surface area contributed by atoms with Gasteiger partial charge < -0.3 is 15.4 Å². The summed E-state index contributed by atoms with van der Waals surface area (Å²) in [5, 5.41) is 7.50. The molecule has 0 aliphatic heterocycles. The maximum atomic E-state index is 6.11. The monoisotopic (exact) mass is 262 g/mol. The van der Waals surface area contributed by atoms with Crippen molar-refractivity contribution in [2.24, 2.45) is 0 Å². The Morgan fingerprint density at radius 1 is 1.25 bits per heavy atom. The Hall–Kier alpha value is -0.480. The molecule has 0 aliphatic carbocycles. The lowest BCUT2D eigenvalue weighted by atomic mass is 10.1. The van der Waals surface area contributed by atoms with E-state index in [1.807, 2.05) is 13.1 Å². The smallest absolute Gasteiger partial charge is 0.138 e. The maximum absolute atomic E-state index is 6.11. The Labute approximate surface area is 106 Å². The van der Waals surface area contributed by atoms with Crippen molar-refractivity contribution >= 4 is 23.2 Å². The van der Waals surface area contributed by atoms with Crippen LogP contribution in [0.1, 0.15) is 5.56 Å². The van der Waals surface area contributed by atoms with E-state index < -0.39 is 0 Å². The van der Waals surface area contributed by atoms with Gasteiger partial charge in [-0.15, -0.1) is 0 Å². The molecule has 0 aromatic heterocycles. The maximum Gasteiger partial charge on any atom is 0.138 e. The standard InChI is InChI=1S/C11H16Cl2N2O/c1-14-7-15-4-3-8-5-10(13)11(16-2)6-9(8)12/h5-6,14-15H,3-4,7H2,1-2H3. The SMILES string of the molecule is CNCNCCc1cc(Cl)c(OC)cc1Cl. The highest BCUT2D eigenvalue weighted by Crippen LogP contribution is 2.30. The molecule has 0 bridgehead atoms. The van der Waals surface area contributed by atoms with E-state index in [2.05, 4.69) is 10.6 Å². The highest BCUT2D eigenvalue weighted by Gasteiger charge is 2.07. The van der Waals surface area contributed by atoms with Gasteiger partial charge in [-0.05, 0) is 25.1 Å². The van der Waals surface area contributed by atoms with Gasteiger partial charge in [0, 0.05) is 24.3 Å². The summed E-state index contributed by atoms with van der Waals surface area (Å²) in [5.74, 6) is 0.610. The molecular formula is C11H16Cl2N2O. The van der Waals surface area contributed by atoms with Crippen molar-refractivity contribution in [3.63, 3.8) is 0 Å². The highest BCUT2D eigenvalue weighted by atomic mass is 35.5. The molecule has 5 heteroatoms. The van der Waals surface area contributed by atoms with E-state index in [0.29, 0.717) is 15.8 Å². The number of methoxy groups -OCH3 is 1. The van der Waals surface area contributed by atoms with Gasteiger partial charge in [0.2, 0.25) is 0 Å². The second-order valence-electron chi connectivity index (χ2n) is 3.36. The molecule has 1 aromatic rings. The van der Waals surface area contributed by atoms with Gasteiger partial charge in [-0.25, -0.2) is 0 Å². The average Bonchev–Trinajstić information content (AvgIpc) is 2.28. The fourth-order valence-corrected chi connectivity index (χ4v) is 1.87. The lowest BCUT2D eigenvalue weighted by molar-refractivity contribution is 0.415. The molecule has 16 heavy (non-hydrogen) atoms. The summed E-state index contributed by atoms with van der Waals surface area (Å²) in [6, 6.07) is 3.60. The highest BCUT2D eigenvalue weighted by molar-refractivity contribution is 6.34. The fourth-order valence-electron chi connectivity index (χ4n) is 1.35. The van der Waals surface area contributed by atoms with Crippen LogP contribution in [0.15, 0.2) is 12.1 Å². The van der Waals surface area contributed by atoms with E-state index in [9.17, 15) is 0 Å². The van der Waals surface area contributed by atoms with Gasteiger partial charge in [-0.3, -0.25) is 0 Å². The summed E-state index contributed by atoms with van der Waals surface area (Å²) in [6.45, 7) is 1.63. The molecule has 0 heterocycles. The van der Waals surface area contributed by atoms with Crippen molar-refractivity contribution < 1.29 is 4.74 Å². The average molecular weight is 263 g/mol. The zero-order valence-electron chi connectivity index (χ0n) is 9.44. The molecule has 0 fully saturated rings. The Morgan fingerprint density at radius 3 is 2.62 bits per heavy atom. The lowest BCUT2D eigenvalue weighted by Gasteiger charge is -2.09. The van der Waals surface area contributed by atoms with Crippen molar-refractivity contribution in [3.05, 3.63) is 27.7 Å². The van der Waals surface area contributed by atoms with Crippen molar-refractivity contribution in [2.45, 2.75) is 6.42 Å². The third kappa shape index (κ3) is 3.83. The lowest BCUT2D eigenvalue weighted by Crippen LogP contribution is -2.27. The summed E-state index contributed by atoms with van der Waals surface area (Å²) in [4.78, 5) is 0. The van der Waals surface area contributed by atoms with Gasteiger partial charge in [0.25, 0.3) is 0 Å². The Balaban J connectivity index is 2.63. The van der Waals surface area contributed by atoms with Gasteiger partial charge in [-0.1, -0.05) is 23.2 Å². The molecule has 0 spiro atoms. The van der Waals surface area contributed by atoms with Crippen molar-refractivity contribution in [1.82, 2.24) is 10.6 Å². The number of hydrogen-bond donors (Lipinski definition) is 2. The summed E-state index contributed by atoms with van der Waals surface area (Å²) in [6.07, 6.45) is 0.838. The summed E-state index contributed by atoms with van der Waals surface area (Å²) in [7, 11) is 3.47. The van der Waals surface area contributed by atoms with Crippen LogP contribution in [0.2, 0.25) is 10.0 Å². The number of halogens is 2. The summed E-state index contributed by atoms with van der Waals surface area (Å²) in [5.41, 5.74) is 1.02. The van der Waals surface area contributed by atoms with Crippen LogP contribution in [0, 0.1) is 0 Å². The van der Waals surface area contributed by atoms with Crippen molar-refractivity contribution in [3.8, 4) is 5.75 Å². The minimum Gasteiger partial charge on any atom is -0.495 e. The third-order valence-corrected chi connectivity index (χ3v) is 2.84. The van der Waals surface area contributed by atoms with E-state index in [4.69, 9.17) is 27.9 Å². The molecule has 0 saturated heterocycles. The fraction of sp³-hybridized carbons (Fsp3) is 0.455. The minimum atomic E-state index is 0.593. The van der Waals surface area contributed by atoms with E-state index in [0.717, 1.165) is 25.2 Å². The molecule has 0 radical (unpaired) electrons. The predicted octanol–water partition coefficient (Wildman–Crippen LogP) is 2.31. The molecule has 0 atom stereocenters. The van der Waals surface area contributed by atoms with Crippen LogP contribution >= 0.6 is 23.2 Å². The van der Waals surface area contributed by atoms with Crippen LogP contribution < -0.4 is 15.4 Å². The molecular weight excluding hydrogens is 247 g/mol. The van der Waals surface area contributed by atoms with Crippen molar-refractivity contribution in [1.29, 1.82) is 0 Å². The van der Waals surface area contributed by atoms with E-state index in [1.165, 1.54) is 0 Å². The van der Waals surface area contributed by atoms with Crippen LogP contribution in [0.25, 0.3) is 0 Å². The van der Waals surface area contributed by atoms with Gasteiger partial charge in [0.15, 0.2) is 0 Å². The molecule has 90 valence electrons. The third-order valence-electron chi connectivity index (χ3n) is 2.19. The molecule has 3 nitrogen and oxygen atoms in total. The predicted molar refractivity (Wildman–Crippen MR) is 68.6 cm³/mol. The molecule has 1 aromatic carbocycles. The molecule has 0 unspecified atom stereocenters. The van der Waals surface area contributed by atoms with Gasteiger partial charge >= 0.3 is 0 Å². The zero-order valence-corrected chi connectivity index (χ0v) is 11.0. The van der Waals surface area contributed by atoms with Crippen LogP contribution in [0.3, 0.4) is 0 Å².